The number of sulfonamides is 1. The number of amides is 2. The lowest BCUT2D eigenvalue weighted by molar-refractivity contribution is -0.140. The Labute approximate surface area is 259 Å². The van der Waals surface area contributed by atoms with Crippen molar-refractivity contribution in [3.05, 3.63) is 132 Å². The standard InChI is InChI=1S/C35H38FN3O4S/c1-26-15-21-30(22-16-26)39(44(42,43)31-13-9-6-10-14-31)25-33(40)38(24-28-17-19-29(36)20-18-28)32(34(41)37-35(2,3)4)23-27-11-7-5-8-12-27/h5-22,32H,23-25H2,1-4H3,(H,37,41)/t32-/m0/s1. The monoisotopic (exact) mass is 615 g/mol. The van der Waals surface area contributed by atoms with Crippen LogP contribution in [-0.4, -0.2) is 43.3 Å². The number of hydrogen-bond acceptors (Lipinski definition) is 4. The van der Waals surface area contributed by atoms with Gasteiger partial charge >= 0.3 is 0 Å². The molecule has 9 heteroatoms. The van der Waals surface area contributed by atoms with E-state index < -0.39 is 39.9 Å². The van der Waals surface area contributed by atoms with Gasteiger partial charge in [0.2, 0.25) is 11.8 Å². The number of aryl methyl sites for hydroxylation is 1. The van der Waals surface area contributed by atoms with Crippen molar-refractivity contribution in [3.63, 3.8) is 0 Å². The first kappa shape index (κ1) is 32.4. The Morgan fingerprint density at radius 1 is 0.795 bits per heavy atom. The molecular weight excluding hydrogens is 577 g/mol. The zero-order valence-corrected chi connectivity index (χ0v) is 26.2. The van der Waals surface area contributed by atoms with Crippen LogP contribution in [0, 0.1) is 12.7 Å². The van der Waals surface area contributed by atoms with Gasteiger partial charge < -0.3 is 10.2 Å². The van der Waals surface area contributed by atoms with E-state index in [9.17, 15) is 22.4 Å². The molecule has 0 aromatic heterocycles. The van der Waals surface area contributed by atoms with Crippen molar-refractivity contribution in [1.29, 1.82) is 0 Å². The minimum atomic E-state index is -4.17. The SMILES string of the molecule is Cc1ccc(N(CC(=O)N(Cc2ccc(F)cc2)[C@@H](Cc2ccccc2)C(=O)NC(C)(C)C)S(=O)(=O)c2ccccc2)cc1. The van der Waals surface area contributed by atoms with Crippen molar-refractivity contribution < 1.29 is 22.4 Å². The molecule has 0 aliphatic heterocycles. The van der Waals surface area contributed by atoms with Crippen LogP contribution in [0.25, 0.3) is 0 Å². The van der Waals surface area contributed by atoms with E-state index in [1.807, 2.05) is 58.0 Å². The Balaban J connectivity index is 1.80. The molecule has 0 heterocycles. The minimum Gasteiger partial charge on any atom is -0.350 e. The molecule has 0 bridgehead atoms. The zero-order chi connectivity index (χ0) is 31.9. The summed E-state index contributed by atoms with van der Waals surface area (Å²) in [5, 5.41) is 2.99. The van der Waals surface area contributed by atoms with E-state index in [-0.39, 0.29) is 23.8 Å². The van der Waals surface area contributed by atoms with Crippen molar-refractivity contribution in [3.8, 4) is 0 Å². The number of anilines is 1. The molecule has 4 aromatic carbocycles. The van der Waals surface area contributed by atoms with Crippen LogP contribution in [0.3, 0.4) is 0 Å². The summed E-state index contributed by atoms with van der Waals surface area (Å²) in [4.78, 5) is 29.7. The van der Waals surface area contributed by atoms with Gasteiger partial charge in [-0.15, -0.1) is 0 Å². The van der Waals surface area contributed by atoms with Crippen LogP contribution < -0.4 is 9.62 Å². The second-order valence-electron chi connectivity index (χ2n) is 11.8. The zero-order valence-electron chi connectivity index (χ0n) is 25.4. The van der Waals surface area contributed by atoms with Gasteiger partial charge in [-0.2, -0.15) is 0 Å². The van der Waals surface area contributed by atoms with Gasteiger partial charge in [0.05, 0.1) is 10.6 Å². The quantitative estimate of drug-likeness (QED) is 0.228. The number of carbonyl (C=O) groups is 2. The highest BCUT2D eigenvalue weighted by Crippen LogP contribution is 2.25. The summed E-state index contributed by atoms with van der Waals surface area (Å²) in [5.74, 6) is -1.40. The first-order valence-corrected chi connectivity index (χ1v) is 15.8. The molecule has 0 saturated heterocycles. The smallest absolute Gasteiger partial charge is 0.264 e. The van der Waals surface area contributed by atoms with Gasteiger partial charge in [0, 0.05) is 18.5 Å². The normalized spacial score (nSPS) is 12.3. The number of nitrogens with one attached hydrogen (secondary N) is 1. The molecule has 2 amide bonds. The minimum absolute atomic E-state index is 0.0322. The highest BCUT2D eigenvalue weighted by atomic mass is 32.2. The van der Waals surface area contributed by atoms with E-state index >= 15 is 0 Å². The lowest BCUT2D eigenvalue weighted by Crippen LogP contribution is -2.56. The summed E-state index contributed by atoms with van der Waals surface area (Å²) >= 11 is 0. The predicted octanol–water partition coefficient (Wildman–Crippen LogP) is 5.88. The lowest BCUT2D eigenvalue weighted by Gasteiger charge is -2.35. The number of nitrogens with zero attached hydrogens (tertiary/aromatic N) is 2. The number of hydrogen-bond donors (Lipinski definition) is 1. The molecule has 0 spiro atoms. The molecular formula is C35H38FN3O4S. The van der Waals surface area contributed by atoms with Gasteiger partial charge in [-0.3, -0.25) is 13.9 Å². The Morgan fingerprint density at radius 2 is 1.36 bits per heavy atom. The summed E-state index contributed by atoms with van der Waals surface area (Å²) < 4.78 is 42.9. The largest absolute Gasteiger partial charge is 0.350 e. The van der Waals surface area contributed by atoms with E-state index in [1.165, 1.54) is 29.2 Å². The van der Waals surface area contributed by atoms with Crippen molar-refractivity contribution >= 4 is 27.5 Å². The third-order valence-corrected chi connectivity index (χ3v) is 8.76. The molecule has 0 fully saturated rings. The fraction of sp³-hybridized carbons (Fsp3) is 0.257. The summed E-state index contributed by atoms with van der Waals surface area (Å²) in [7, 11) is -4.17. The molecule has 4 aromatic rings. The topological polar surface area (TPSA) is 86.8 Å². The first-order valence-electron chi connectivity index (χ1n) is 14.4. The molecule has 4 rings (SSSR count). The van der Waals surface area contributed by atoms with E-state index in [0.717, 1.165) is 15.4 Å². The summed E-state index contributed by atoms with van der Waals surface area (Å²) in [6.07, 6.45) is 0.186. The van der Waals surface area contributed by atoms with E-state index in [0.29, 0.717) is 11.3 Å². The number of benzene rings is 4. The molecule has 44 heavy (non-hydrogen) atoms. The van der Waals surface area contributed by atoms with Crippen LogP contribution in [0.4, 0.5) is 10.1 Å². The van der Waals surface area contributed by atoms with Crippen LogP contribution in [0.1, 0.15) is 37.5 Å². The highest BCUT2D eigenvalue weighted by molar-refractivity contribution is 7.92. The van der Waals surface area contributed by atoms with Crippen LogP contribution in [0.15, 0.2) is 114 Å². The van der Waals surface area contributed by atoms with E-state index in [2.05, 4.69) is 5.32 Å². The van der Waals surface area contributed by atoms with E-state index in [4.69, 9.17) is 0 Å². The first-order chi connectivity index (χ1) is 20.8. The number of carbonyl (C=O) groups excluding carboxylic acids is 2. The van der Waals surface area contributed by atoms with Crippen LogP contribution in [0.5, 0.6) is 0 Å². The lowest BCUT2D eigenvalue weighted by atomic mass is 10.0. The molecule has 0 unspecified atom stereocenters. The Hall–Kier alpha value is -4.50. The van der Waals surface area contributed by atoms with Gasteiger partial charge in [-0.1, -0.05) is 78.4 Å². The Bertz CT molecular complexity index is 1660. The number of halogens is 1. The van der Waals surface area contributed by atoms with Gasteiger partial charge in [-0.25, -0.2) is 12.8 Å². The average molecular weight is 616 g/mol. The molecule has 0 radical (unpaired) electrons. The summed E-state index contributed by atoms with van der Waals surface area (Å²) in [6.45, 7) is 6.83. The highest BCUT2D eigenvalue weighted by Gasteiger charge is 2.35. The maximum Gasteiger partial charge on any atom is 0.264 e. The maximum absolute atomic E-state index is 14.4. The van der Waals surface area contributed by atoms with Gasteiger partial charge in [0.1, 0.15) is 18.4 Å². The fourth-order valence-corrected chi connectivity index (χ4v) is 6.19. The fourth-order valence-electron chi connectivity index (χ4n) is 4.75. The average Bonchev–Trinajstić information content (AvgIpc) is 2.99. The maximum atomic E-state index is 14.4. The molecule has 0 aliphatic carbocycles. The molecule has 230 valence electrons. The second-order valence-corrected chi connectivity index (χ2v) is 13.6. The molecule has 1 N–H and O–H groups in total. The van der Waals surface area contributed by atoms with E-state index in [1.54, 1.807) is 54.6 Å². The van der Waals surface area contributed by atoms with Gasteiger partial charge in [0.15, 0.2) is 0 Å². The number of rotatable bonds is 11. The van der Waals surface area contributed by atoms with Gasteiger partial charge in [-0.05, 0) is 75.2 Å². The van der Waals surface area contributed by atoms with Crippen LogP contribution in [0.2, 0.25) is 0 Å². The molecule has 1 atom stereocenters. The Morgan fingerprint density at radius 3 is 1.93 bits per heavy atom. The Kier molecular flexibility index (Phi) is 10.2. The van der Waals surface area contributed by atoms with Crippen molar-refractivity contribution in [2.24, 2.45) is 0 Å². The molecule has 0 saturated carbocycles. The van der Waals surface area contributed by atoms with Crippen LogP contribution in [-0.2, 0) is 32.6 Å². The summed E-state index contributed by atoms with van der Waals surface area (Å²) in [6, 6.07) is 28.8. The third kappa shape index (κ3) is 8.54. The van der Waals surface area contributed by atoms with Crippen molar-refractivity contribution in [2.45, 2.75) is 57.1 Å². The third-order valence-electron chi connectivity index (χ3n) is 6.97. The predicted molar refractivity (Wildman–Crippen MR) is 171 cm³/mol. The van der Waals surface area contributed by atoms with Crippen LogP contribution >= 0.6 is 0 Å². The van der Waals surface area contributed by atoms with Crippen molar-refractivity contribution in [1.82, 2.24) is 10.2 Å². The molecule has 7 nitrogen and oxygen atoms in total. The van der Waals surface area contributed by atoms with Gasteiger partial charge in [0.25, 0.3) is 10.0 Å². The molecule has 0 aliphatic rings. The summed E-state index contributed by atoms with van der Waals surface area (Å²) in [5.41, 5.74) is 2.06. The second kappa shape index (κ2) is 13.9. The van der Waals surface area contributed by atoms with Crippen molar-refractivity contribution in [2.75, 3.05) is 10.8 Å².